The second-order valence-electron chi connectivity index (χ2n) is 7.44. The molecule has 6 heteroatoms. The summed E-state index contributed by atoms with van der Waals surface area (Å²) in [4.78, 5) is 24.2. The van der Waals surface area contributed by atoms with Gasteiger partial charge in [0, 0.05) is 49.8 Å². The van der Waals surface area contributed by atoms with Crippen molar-refractivity contribution >= 4 is 11.6 Å². The van der Waals surface area contributed by atoms with Gasteiger partial charge in [0.2, 0.25) is 0 Å². The van der Waals surface area contributed by atoms with Crippen LogP contribution in [0.5, 0.6) is 0 Å². The van der Waals surface area contributed by atoms with E-state index in [1.54, 1.807) is 0 Å². The van der Waals surface area contributed by atoms with Gasteiger partial charge < -0.3 is 13.9 Å². The average Bonchev–Trinajstić information content (AvgIpc) is 3.33. The minimum Gasteiger partial charge on any atom is -0.337 e. The van der Waals surface area contributed by atoms with Gasteiger partial charge in [0.25, 0.3) is 5.91 Å². The van der Waals surface area contributed by atoms with Gasteiger partial charge in [-0.25, -0.2) is 9.97 Å². The van der Waals surface area contributed by atoms with Crippen LogP contribution in [-0.4, -0.2) is 42.8 Å². The summed E-state index contributed by atoms with van der Waals surface area (Å²) < 4.78 is 4.24. The van der Waals surface area contributed by atoms with E-state index in [-0.39, 0.29) is 5.91 Å². The molecule has 0 unspecified atom stereocenters. The van der Waals surface area contributed by atoms with Crippen molar-refractivity contribution in [3.63, 3.8) is 0 Å². The largest absolute Gasteiger partial charge is 0.337 e. The molecule has 0 N–H and O–H groups in total. The van der Waals surface area contributed by atoms with Crippen LogP contribution in [0.3, 0.4) is 0 Å². The van der Waals surface area contributed by atoms with Crippen molar-refractivity contribution in [1.82, 2.24) is 23.8 Å². The third-order valence-corrected chi connectivity index (χ3v) is 5.49. The third-order valence-electron chi connectivity index (χ3n) is 5.49. The fourth-order valence-electron chi connectivity index (χ4n) is 3.98. The van der Waals surface area contributed by atoms with Crippen molar-refractivity contribution in [2.45, 2.75) is 52.0 Å². The molecular weight excluding hydrogens is 338 g/mol. The van der Waals surface area contributed by atoms with E-state index in [2.05, 4.69) is 27.7 Å². The lowest BCUT2D eigenvalue weighted by molar-refractivity contribution is 0.0698. The quantitative estimate of drug-likeness (QED) is 0.693. The monoisotopic (exact) mass is 365 g/mol. The number of aromatic nitrogens is 4. The van der Waals surface area contributed by atoms with Crippen molar-refractivity contribution in [3.05, 3.63) is 54.0 Å². The topological polar surface area (TPSA) is 55.4 Å². The van der Waals surface area contributed by atoms with Crippen molar-refractivity contribution in [2.75, 3.05) is 13.1 Å². The van der Waals surface area contributed by atoms with E-state index in [4.69, 9.17) is 0 Å². The number of aryl methyl sites for hydroxylation is 2. The first-order valence-electron chi connectivity index (χ1n) is 9.92. The molecule has 27 heavy (non-hydrogen) atoms. The fourth-order valence-corrected chi connectivity index (χ4v) is 3.98. The molecule has 6 nitrogen and oxygen atoms in total. The summed E-state index contributed by atoms with van der Waals surface area (Å²) >= 11 is 0. The van der Waals surface area contributed by atoms with Crippen LogP contribution in [0.25, 0.3) is 5.65 Å². The SMILES string of the molecule is CCCCn1ccnc1[C@H]1CCCN(C(=O)c2cn3c(C)cccc3n2)C1. The standard InChI is InChI=1S/C21H27N5O/c1-3-4-11-24-13-10-22-20(24)17-8-6-12-25(14-17)21(27)18-15-26-16(2)7-5-9-19(26)23-18/h5,7,9-10,13,15,17H,3-4,6,8,11-12,14H2,1-2H3/t17-/m0/s1. The number of amides is 1. The van der Waals surface area contributed by atoms with E-state index in [1.165, 1.54) is 6.42 Å². The van der Waals surface area contributed by atoms with Crippen LogP contribution >= 0.6 is 0 Å². The lowest BCUT2D eigenvalue weighted by Crippen LogP contribution is -2.40. The highest BCUT2D eigenvalue weighted by Crippen LogP contribution is 2.27. The number of fused-ring (bicyclic) bond motifs is 1. The van der Waals surface area contributed by atoms with Crippen LogP contribution in [0.2, 0.25) is 0 Å². The maximum absolute atomic E-state index is 13.1. The summed E-state index contributed by atoms with van der Waals surface area (Å²) in [6.07, 6.45) is 10.2. The molecule has 1 aliphatic heterocycles. The Hall–Kier alpha value is -2.63. The number of pyridine rings is 1. The van der Waals surface area contributed by atoms with Crippen molar-refractivity contribution in [2.24, 2.45) is 0 Å². The van der Waals surface area contributed by atoms with Crippen LogP contribution in [0.15, 0.2) is 36.8 Å². The molecule has 1 saturated heterocycles. The Morgan fingerprint density at radius 3 is 3.04 bits per heavy atom. The number of carbonyl (C=O) groups is 1. The number of imidazole rings is 2. The minimum absolute atomic E-state index is 0.0227. The lowest BCUT2D eigenvalue weighted by Gasteiger charge is -2.32. The number of unbranched alkanes of at least 4 members (excludes halogenated alkanes) is 1. The fraction of sp³-hybridized carbons (Fsp3) is 0.476. The van der Waals surface area contributed by atoms with E-state index >= 15 is 0 Å². The number of piperidine rings is 1. The van der Waals surface area contributed by atoms with Gasteiger partial charge in [-0.15, -0.1) is 0 Å². The first kappa shape index (κ1) is 17.8. The molecule has 0 spiro atoms. The van der Waals surface area contributed by atoms with E-state index < -0.39 is 0 Å². The van der Waals surface area contributed by atoms with Crippen LogP contribution in [-0.2, 0) is 6.54 Å². The predicted molar refractivity (Wildman–Crippen MR) is 105 cm³/mol. The molecule has 1 fully saturated rings. The van der Waals surface area contributed by atoms with Gasteiger partial charge in [0.05, 0.1) is 0 Å². The zero-order valence-corrected chi connectivity index (χ0v) is 16.1. The molecule has 3 aromatic heterocycles. The molecule has 0 aliphatic carbocycles. The van der Waals surface area contributed by atoms with Crippen LogP contribution in [0, 0.1) is 6.92 Å². The van der Waals surface area contributed by atoms with E-state index in [1.807, 2.05) is 46.8 Å². The van der Waals surface area contributed by atoms with Gasteiger partial charge in [-0.05, 0) is 38.3 Å². The first-order valence-corrected chi connectivity index (χ1v) is 9.92. The van der Waals surface area contributed by atoms with Gasteiger partial charge in [-0.2, -0.15) is 0 Å². The Kier molecular flexibility index (Phi) is 4.97. The molecule has 1 amide bonds. The van der Waals surface area contributed by atoms with Crippen LogP contribution in [0.1, 0.15) is 60.5 Å². The molecule has 1 atom stereocenters. The highest BCUT2D eigenvalue weighted by atomic mass is 16.2. The van der Waals surface area contributed by atoms with Crippen LogP contribution in [0.4, 0.5) is 0 Å². The number of carbonyl (C=O) groups excluding carboxylic acids is 1. The Balaban J connectivity index is 1.53. The van der Waals surface area contributed by atoms with Gasteiger partial charge in [0.15, 0.2) is 0 Å². The Morgan fingerprint density at radius 1 is 1.33 bits per heavy atom. The molecule has 4 heterocycles. The number of hydrogen-bond acceptors (Lipinski definition) is 3. The number of likely N-dealkylation sites (tertiary alicyclic amines) is 1. The van der Waals surface area contributed by atoms with Crippen molar-refractivity contribution < 1.29 is 4.79 Å². The zero-order valence-electron chi connectivity index (χ0n) is 16.1. The number of nitrogens with zero attached hydrogens (tertiary/aromatic N) is 5. The normalized spacial score (nSPS) is 17.6. The maximum atomic E-state index is 13.1. The molecule has 0 aromatic carbocycles. The predicted octanol–water partition coefficient (Wildman–Crippen LogP) is 3.66. The molecule has 142 valence electrons. The van der Waals surface area contributed by atoms with Gasteiger partial charge in [-0.1, -0.05) is 19.4 Å². The molecule has 1 aliphatic rings. The second-order valence-corrected chi connectivity index (χ2v) is 7.44. The zero-order chi connectivity index (χ0) is 18.8. The summed E-state index contributed by atoms with van der Waals surface area (Å²) in [6, 6.07) is 5.93. The van der Waals surface area contributed by atoms with E-state index in [0.717, 1.165) is 56.1 Å². The van der Waals surface area contributed by atoms with Crippen molar-refractivity contribution in [3.8, 4) is 0 Å². The first-order chi connectivity index (χ1) is 13.2. The van der Waals surface area contributed by atoms with Gasteiger partial charge >= 0.3 is 0 Å². The second kappa shape index (κ2) is 7.55. The van der Waals surface area contributed by atoms with Crippen LogP contribution < -0.4 is 0 Å². The lowest BCUT2D eigenvalue weighted by atomic mass is 9.96. The highest BCUT2D eigenvalue weighted by Gasteiger charge is 2.29. The smallest absolute Gasteiger partial charge is 0.274 e. The molecule has 4 rings (SSSR count). The molecule has 0 radical (unpaired) electrons. The van der Waals surface area contributed by atoms with E-state index in [9.17, 15) is 4.79 Å². The Bertz CT molecular complexity index is 941. The summed E-state index contributed by atoms with van der Waals surface area (Å²) in [7, 11) is 0. The molecule has 0 saturated carbocycles. The van der Waals surface area contributed by atoms with E-state index in [0.29, 0.717) is 11.6 Å². The summed E-state index contributed by atoms with van der Waals surface area (Å²) in [5, 5.41) is 0. The average molecular weight is 365 g/mol. The highest BCUT2D eigenvalue weighted by molar-refractivity contribution is 5.93. The Morgan fingerprint density at radius 2 is 2.22 bits per heavy atom. The molecule has 3 aromatic rings. The maximum Gasteiger partial charge on any atom is 0.274 e. The van der Waals surface area contributed by atoms with Crippen molar-refractivity contribution in [1.29, 1.82) is 0 Å². The molecular formula is C21H27N5O. The Labute approximate surface area is 159 Å². The number of hydrogen-bond donors (Lipinski definition) is 0. The summed E-state index contributed by atoms with van der Waals surface area (Å²) in [5.41, 5.74) is 2.43. The summed E-state index contributed by atoms with van der Waals surface area (Å²) in [5.74, 6) is 1.44. The van der Waals surface area contributed by atoms with Gasteiger partial charge in [-0.3, -0.25) is 4.79 Å². The number of rotatable bonds is 5. The van der Waals surface area contributed by atoms with Gasteiger partial charge in [0.1, 0.15) is 17.2 Å². The third kappa shape index (κ3) is 3.48. The molecule has 0 bridgehead atoms. The minimum atomic E-state index is 0.0227. The summed E-state index contributed by atoms with van der Waals surface area (Å²) in [6.45, 7) is 6.73.